The summed E-state index contributed by atoms with van der Waals surface area (Å²) < 4.78 is 7.93. The fraction of sp³-hybridized carbons (Fsp3) is 0.471. The van der Waals surface area contributed by atoms with Crippen LogP contribution in [0.1, 0.15) is 24.6 Å². The van der Waals surface area contributed by atoms with Crippen LogP contribution >= 0.6 is 11.6 Å². The first-order valence-electron chi connectivity index (χ1n) is 7.80. The van der Waals surface area contributed by atoms with Crippen molar-refractivity contribution in [3.05, 3.63) is 47.5 Å². The summed E-state index contributed by atoms with van der Waals surface area (Å²) >= 11 is 5.87. The SMILES string of the molecule is Cn1ccnc1[C@@H]1CCCN(CCOc2ccc(Cl)cc2)C1. The van der Waals surface area contributed by atoms with Gasteiger partial charge in [-0.1, -0.05) is 11.6 Å². The van der Waals surface area contributed by atoms with Crippen molar-refractivity contribution in [3.8, 4) is 5.75 Å². The molecule has 1 aromatic carbocycles. The molecule has 0 saturated carbocycles. The number of nitrogens with zero attached hydrogens (tertiary/aromatic N) is 3. The summed E-state index contributed by atoms with van der Waals surface area (Å²) in [7, 11) is 2.07. The van der Waals surface area contributed by atoms with Gasteiger partial charge in [-0.05, 0) is 43.7 Å². The van der Waals surface area contributed by atoms with E-state index in [4.69, 9.17) is 16.3 Å². The molecule has 1 aliphatic rings. The molecule has 1 saturated heterocycles. The number of rotatable bonds is 5. The lowest BCUT2D eigenvalue weighted by molar-refractivity contribution is 0.167. The van der Waals surface area contributed by atoms with Crippen molar-refractivity contribution in [1.29, 1.82) is 0 Å². The zero-order valence-electron chi connectivity index (χ0n) is 12.9. The Hall–Kier alpha value is -1.52. The van der Waals surface area contributed by atoms with Gasteiger partial charge in [0.2, 0.25) is 0 Å². The maximum Gasteiger partial charge on any atom is 0.119 e. The minimum Gasteiger partial charge on any atom is -0.492 e. The van der Waals surface area contributed by atoms with Crippen LogP contribution in [0.15, 0.2) is 36.7 Å². The average molecular weight is 320 g/mol. The summed E-state index contributed by atoms with van der Waals surface area (Å²) in [6.07, 6.45) is 6.35. The van der Waals surface area contributed by atoms with Crippen molar-refractivity contribution in [3.63, 3.8) is 0 Å². The molecule has 0 N–H and O–H groups in total. The highest BCUT2D eigenvalue weighted by Gasteiger charge is 2.23. The maximum atomic E-state index is 5.87. The van der Waals surface area contributed by atoms with Gasteiger partial charge in [0.1, 0.15) is 18.2 Å². The quantitative estimate of drug-likeness (QED) is 0.847. The van der Waals surface area contributed by atoms with Crippen LogP contribution in [0, 0.1) is 0 Å². The molecular weight excluding hydrogens is 298 g/mol. The molecular formula is C17H22ClN3O. The molecule has 4 nitrogen and oxygen atoms in total. The Bertz CT molecular complexity index is 596. The minimum absolute atomic E-state index is 0.532. The summed E-state index contributed by atoms with van der Waals surface area (Å²) in [5.41, 5.74) is 0. The lowest BCUT2D eigenvalue weighted by Gasteiger charge is -2.32. The third-order valence-electron chi connectivity index (χ3n) is 4.22. The standard InChI is InChI=1S/C17H22ClN3O/c1-20-10-8-19-17(20)14-3-2-9-21(13-14)11-12-22-16-6-4-15(18)5-7-16/h4-8,10,14H,2-3,9,11-13H2,1H3/t14-/m1/s1. The van der Waals surface area contributed by atoms with Crippen LogP contribution in [0.5, 0.6) is 5.75 Å². The topological polar surface area (TPSA) is 30.3 Å². The molecule has 1 atom stereocenters. The molecule has 22 heavy (non-hydrogen) atoms. The van der Waals surface area contributed by atoms with Gasteiger partial charge in [-0.15, -0.1) is 0 Å². The van der Waals surface area contributed by atoms with Crippen molar-refractivity contribution in [2.45, 2.75) is 18.8 Å². The van der Waals surface area contributed by atoms with E-state index in [0.29, 0.717) is 12.5 Å². The fourth-order valence-electron chi connectivity index (χ4n) is 3.06. The largest absolute Gasteiger partial charge is 0.492 e. The van der Waals surface area contributed by atoms with Gasteiger partial charge in [0.15, 0.2) is 0 Å². The van der Waals surface area contributed by atoms with Crippen LogP contribution in [0.25, 0.3) is 0 Å². The van der Waals surface area contributed by atoms with Gasteiger partial charge in [-0.25, -0.2) is 4.98 Å². The molecule has 1 fully saturated rings. The minimum atomic E-state index is 0.532. The Morgan fingerprint density at radius 3 is 2.86 bits per heavy atom. The zero-order valence-corrected chi connectivity index (χ0v) is 13.7. The molecule has 0 aliphatic carbocycles. The van der Waals surface area contributed by atoms with Gasteiger partial charge in [0.25, 0.3) is 0 Å². The second-order valence-corrected chi connectivity index (χ2v) is 6.27. The first-order chi connectivity index (χ1) is 10.7. The van der Waals surface area contributed by atoms with Gasteiger partial charge in [0.05, 0.1) is 0 Å². The van der Waals surface area contributed by atoms with E-state index in [1.807, 2.05) is 36.7 Å². The third kappa shape index (κ3) is 3.81. The number of imidazole rings is 1. The molecule has 2 heterocycles. The number of halogens is 1. The van der Waals surface area contributed by atoms with Gasteiger partial charge in [-0.3, -0.25) is 4.90 Å². The molecule has 3 rings (SSSR count). The van der Waals surface area contributed by atoms with Crippen LogP contribution in [-0.4, -0.2) is 40.7 Å². The molecule has 0 spiro atoms. The Morgan fingerprint density at radius 2 is 2.14 bits per heavy atom. The number of benzene rings is 1. The molecule has 0 amide bonds. The van der Waals surface area contributed by atoms with Gasteiger partial charge in [0, 0.05) is 43.5 Å². The third-order valence-corrected chi connectivity index (χ3v) is 4.47. The van der Waals surface area contributed by atoms with Gasteiger partial charge in [-0.2, -0.15) is 0 Å². The summed E-state index contributed by atoms with van der Waals surface area (Å²) in [6, 6.07) is 7.54. The van der Waals surface area contributed by atoms with Crippen molar-refractivity contribution < 1.29 is 4.74 Å². The van der Waals surface area contributed by atoms with Gasteiger partial charge >= 0.3 is 0 Å². The van der Waals surface area contributed by atoms with Crippen LogP contribution in [0.3, 0.4) is 0 Å². The van der Waals surface area contributed by atoms with Crippen molar-refractivity contribution in [2.75, 3.05) is 26.2 Å². The number of piperidine rings is 1. The van der Waals surface area contributed by atoms with E-state index >= 15 is 0 Å². The highest BCUT2D eigenvalue weighted by molar-refractivity contribution is 6.30. The van der Waals surface area contributed by atoms with Crippen molar-refractivity contribution in [1.82, 2.24) is 14.5 Å². The lowest BCUT2D eigenvalue weighted by atomic mass is 9.97. The smallest absolute Gasteiger partial charge is 0.119 e. The monoisotopic (exact) mass is 319 g/mol. The van der Waals surface area contributed by atoms with E-state index in [0.717, 1.165) is 30.4 Å². The normalized spacial score (nSPS) is 19.3. The van der Waals surface area contributed by atoms with E-state index < -0.39 is 0 Å². The van der Waals surface area contributed by atoms with E-state index in [1.54, 1.807) is 0 Å². The highest BCUT2D eigenvalue weighted by Crippen LogP contribution is 2.25. The van der Waals surface area contributed by atoms with E-state index in [2.05, 4.69) is 21.5 Å². The summed E-state index contributed by atoms with van der Waals surface area (Å²) in [5.74, 6) is 2.61. The second-order valence-electron chi connectivity index (χ2n) is 5.84. The fourth-order valence-corrected chi connectivity index (χ4v) is 3.19. The Kier molecular flexibility index (Phi) is 5.01. The Morgan fingerprint density at radius 1 is 1.32 bits per heavy atom. The van der Waals surface area contributed by atoms with Crippen molar-refractivity contribution in [2.24, 2.45) is 7.05 Å². The lowest BCUT2D eigenvalue weighted by Crippen LogP contribution is -2.37. The van der Waals surface area contributed by atoms with Crippen LogP contribution in [0.4, 0.5) is 0 Å². The number of aryl methyl sites for hydroxylation is 1. The average Bonchev–Trinajstić information content (AvgIpc) is 2.96. The van der Waals surface area contributed by atoms with Crippen molar-refractivity contribution >= 4 is 11.6 Å². The Balaban J connectivity index is 1.48. The predicted molar refractivity (Wildman–Crippen MR) is 88.6 cm³/mol. The number of ether oxygens (including phenoxy) is 1. The molecule has 0 bridgehead atoms. The first-order valence-corrected chi connectivity index (χ1v) is 8.18. The number of aromatic nitrogens is 2. The summed E-state index contributed by atoms with van der Waals surface area (Å²) in [5, 5.41) is 0.737. The van der Waals surface area contributed by atoms with E-state index in [9.17, 15) is 0 Å². The van der Waals surface area contributed by atoms with E-state index in [-0.39, 0.29) is 0 Å². The molecule has 1 aliphatic heterocycles. The molecule has 0 radical (unpaired) electrons. The Labute approximate surface area is 136 Å². The second kappa shape index (κ2) is 7.16. The molecule has 1 aromatic heterocycles. The van der Waals surface area contributed by atoms with Crippen LogP contribution in [0.2, 0.25) is 5.02 Å². The molecule has 0 unspecified atom stereocenters. The molecule has 2 aromatic rings. The molecule has 5 heteroatoms. The van der Waals surface area contributed by atoms with Crippen LogP contribution in [-0.2, 0) is 7.05 Å². The maximum absolute atomic E-state index is 5.87. The molecule has 118 valence electrons. The number of likely N-dealkylation sites (tertiary alicyclic amines) is 1. The van der Waals surface area contributed by atoms with Gasteiger partial charge < -0.3 is 9.30 Å². The highest BCUT2D eigenvalue weighted by atomic mass is 35.5. The summed E-state index contributed by atoms with van der Waals surface area (Å²) in [4.78, 5) is 6.97. The van der Waals surface area contributed by atoms with Crippen LogP contribution < -0.4 is 4.74 Å². The predicted octanol–water partition coefficient (Wildman–Crippen LogP) is 3.33. The zero-order chi connectivity index (χ0) is 15.4. The van der Waals surface area contributed by atoms with E-state index in [1.165, 1.54) is 18.7 Å². The number of hydrogen-bond acceptors (Lipinski definition) is 3. The first kappa shape index (κ1) is 15.4. The number of hydrogen-bond donors (Lipinski definition) is 0. The summed E-state index contributed by atoms with van der Waals surface area (Å²) in [6.45, 7) is 3.86.